The highest BCUT2D eigenvalue weighted by atomic mass is 16.6. The molecule has 6 nitrogen and oxygen atoms in total. The smallest absolute Gasteiger partial charge is 0.410 e. The lowest BCUT2D eigenvalue weighted by atomic mass is 9.87. The van der Waals surface area contributed by atoms with Gasteiger partial charge in [-0.1, -0.05) is 51.1 Å². The molecule has 1 aliphatic rings. The van der Waals surface area contributed by atoms with E-state index in [0.717, 1.165) is 18.5 Å². The van der Waals surface area contributed by atoms with Crippen LogP contribution >= 0.6 is 0 Å². The van der Waals surface area contributed by atoms with Crippen LogP contribution in [0.4, 0.5) is 15.3 Å². The van der Waals surface area contributed by atoms with Gasteiger partial charge in [0.2, 0.25) is 0 Å². The molecule has 1 aliphatic heterocycles. The zero-order chi connectivity index (χ0) is 21.6. The van der Waals surface area contributed by atoms with Crippen molar-refractivity contribution in [1.82, 2.24) is 10.2 Å². The first kappa shape index (κ1) is 21.7. The van der Waals surface area contributed by atoms with Gasteiger partial charge in [0.15, 0.2) is 0 Å². The molecule has 0 radical (unpaired) electrons. The number of carbonyl (C=O) groups is 2. The van der Waals surface area contributed by atoms with Crippen molar-refractivity contribution in [1.29, 1.82) is 0 Å². The molecule has 160 valence electrons. The SMILES string of the molecule is CC(C)(C)c1ccc(NC(=O)NCC2CCN(C(=O)Oc3ccccc3)CC2)cc1. The molecule has 0 bridgehead atoms. The number of ether oxygens (including phenoxy) is 1. The number of amides is 3. The Morgan fingerprint density at radius 1 is 1.00 bits per heavy atom. The molecule has 3 rings (SSSR count). The number of urea groups is 1. The average molecular weight is 410 g/mol. The fourth-order valence-electron chi connectivity index (χ4n) is 3.44. The Balaban J connectivity index is 1.38. The highest BCUT2D eigenvalue weighted by Gasteiger charge is 2.24. The largest absolute Gasteiger partial charge is 0.415 e. The van der Waals surface area contributed by atoms with Crippen molar-refractivity contribution in [2.75, 3.05) is 25.0 Å². The van der Waals surface area contributed by atoms with Gasteiger partial charge in [-0.05, 0) is 54.0 Å². The van der Waals surface area contributed by atoms with Crippen molar-refractivity contribution in [2.24, 2.45) is 5.92 Å². The Morgan fingerprint density at radius 3 is 2.23 bits per heavy atom. The summed E-state index contributed by atoms with van der Waals surface area (Å²) in [6, 6.07) is 16.8. The first-order chi connectivity index (χ1) is 14.3. The normalized spacial score (nSPS) is 14.8. The van der Waals surface area contributed by atoms with Gasteiger partial charge in [0, 0.05) is 25.3 Å². The number of hydrogen-bond acceptors (Lipinski definition) is 3. The molecule has 30 heavy (non-hydrogen) atoms. The molecule has 6 heteroatoms. The number of rotatable bonds is 4. The van der Waals surface area contributed by atoms with Crippen molar-refractivity contribution in [2.45, 2.75) is 39.0 Å². The Hall–Kier alpha value is -3.02. The minimum absolute atomic E-state index is 0.0865. The third-order valence-corrected chi connectivity index (χ3v) is 5.38. The van der Waals surface area contributed by atoms with Gasteiger partial charge in [0.05, 0.1) is 0 Å². The minimum atomic E-state index is -0.316. The number of likely N-dealkylation sites (tertiary alicyclic amines) is 1. The van der Waals surface area contributed by atoms with Crippen LogP contribution in [0, 0.1) is 5.92 Å². The molecule has 0 aliphatic carbocycles. The monoisotopic (exact) mass is 409 g/mol. The molecule has 0 spiro atoms. The molecule has 0 atom stereocenters. The number of anilines is 1. The summed E-state index contributed by atoms with van der Waals surface area (Å²) < 4.78 is 5.39. The molecule has 3 amide bonds. The molecule has 2 aromatic carbocycles. The molecule has 0 aromatic heterocycles. The van der Waals surface area contributed by atoms with Crippen LogP contribution < -0.4 is 15.4 Å². The highest BCUT2D eigenvalue weighted by Crippen LogP contribution is 2.23. The van der Waals surface area contributed by atoms with E-state index in [1.165, 1.54) is 5.56 Å². The maximum atomic E-state index is 12.3. The van der Waals surface area contributed by atoms with E-state index in [1.807, 2.05) is 42.5 Å². The Morgan fingerprint density at radius 2 is 1.63 bits per heavy atom. The maximum absolute atomic E-state index is 12.3. The first-order valence-corrected chi connectivity index (χ1v) is 10.5. The van der Waals surface area contributed by atoms with E-state index >= 15 is 0 Å². The second-order valence-corrected chi connectivity index (χ2v) is 8.77. The summed E-state index contributed by atoms with van der Waals surface area (Å²) >= 11 is 0. The molecular formula is C24H31N3O3. The Labute approximate surface area is 178 Å². The maximum Gasteiger partial charge on any atom is 0.415 e. The van der Waals surface area contributed by atoms with Crippen LogP contribution in [0.15, 0.2) is 54.6 Å². The second kappa shape index (κ2) is 9.65. The number of carbonyl (C=O) groups excluding carboxylic acids is 2. The molecular weight excluding hydrogens is 378 g/mol. The molecule has 1 heterocycles. The summed E-state index contributed by atoms with van der Waals surface area (Å²) in [7, 11) is 0. The molecule has 0 saturated carbocycles. The van der Waals surface area contributed by atoms with Crippen molar-refractivity contribution in [3.8, 4) is 5.75 Å². The zero-order valence-electron chi connectivity index (χ0n) is 18.0. The number of benzene rings is 2. The van der Waals surface area contributed by atoms with Crippen LogP contribution in [0.2, 0.25) is 0 Å². The molecule has 1 fully saturated rings. The van der Waals surface area contributed by atoms with Gasteiger partial charge >= 0.3 is 12.1 Å². The Bertz CT molecular complexity index is 836. The predicted octanol–water partition coefficient (Wildman–Crippen LogP) is 5.02. The summed E-state index contributed by atoms with van der Waals surface area (Å²) in [5.74, 6) is 0.901. The van der Waals surface area contributed by atoms with E-state index in [2.05, 4.69) is 31.4 Å². The lowest BCUT2D eigenvalue weighted by molar-refractivity contribution is 0.130. The number of para-hydroxylation sites is 1. The van der Waals surface area contributed by atoms with E-state index < -0.39 is 0 Å². The fraction of sp³-hybridized carbons (Fsp3) is 0.417. The molecule has 2 aromatic rings. The lowest BCUT2D eigenvalue weighted by Gasteiger charge is -2.31. The van der Waals surface area contributed by atoms with Gasteiger partial charge < -0.3 is 20.3 Å². The number of piperidine rings is 1. The van der Waals surface area contributed by atoms with Gasteiger partial charge in [-0.2, -0.15) is 0 Å². The number of nitrogens with one attached hydrogen (secondary N) is 2. The first-order valence-electron chi connectivity index (χ1n) is 10.5. The summed E-state index contributed by atoms with van der Waals surface area (Å²) in [5, 5.41) is 5.82. The molecule has 2 N–H and O–H groups in total. The van der Waals surface area contributed by atoms with Crippen molar-refractivity contribution in [3.63, 3.8) is 0 Å². The summed E-state index contributed by atoms with van der Waals surface area (Å²) in [5.41, 5.74) is 2.09. The number of hydrogen-bond donors (Lipinski definition) is 2. The number of nitrogens with zero attached hydrogens (tertiary/aromatic N) is 1. The van der Waals surface area contributed by atoms with Gasteiger partial charge in [-0.15, -0.1) is 0 Å². The van der Waals surface area contributed by atoms with Gasteiger partial charge in [0.1, 0.15) is 5.75 Å². The van der Waals surface area contributed by atoms with Crippen LogP contribution in [0.25, 0.3) is 0 Å². The summed E-state index contributed by atoms with van der Waals surface area (Å²) in [6.07, 6.45) is 1.36. The topological polar surface area (TPSA) is 70.7 Å². The Kier molecular flexibility index (Phi) is 6.98. The third-order valence-electron chi connectivity index (χ3n) is 5.38. The van der Waals surface area contributed by atoms with E-state index in [1.54, 1.807) is 17.0 Å². The van der Waals surface area contributed by atoms with Crippen molar-refractivity contribution >= 4 is 17.8 Å². The third kappa shape index (κ3) is 6.24. The predicted molar refractivity (Wildman–Crippen MR) is 119 cm³/mol. The second-order valence-electron chi connectivity index (χ2n) is 8.77. The summed E-state index contributed by atoms with van der Waals surface area (Å²) in [6.45, 7) is 8.34. The van der Waals surface area contributed by atoms with Crippen LogP contribution in [-0.2, 0) is 5.41 Å². The summed E-state index contributed by atoms with van der Waals surface area (Å²) in [4.78, 5) is 26.2. The van der Waals surface area contributed by atoms with Crippen LogP contribution in [0.5, 0.6) is 5.75 Å². The lowest BCUT2D eigenvalue weighted by Crippen LogP contribution is -2.43. The van der Waals surface area contributed by atoms with Gasteiger partial charge in [-0.3, -0.25) is 0 Å². The minimum Gasteiger partial charge on any atom is -0.410 e. The zero-order valence-corrected chi connectivity index (χ0v) is 18.0. The quantitative estimate of drug-likeness (QED) is 0.745. The van der Waals surface area contributed by atoms with Crippen molar-refractivity contribution < 1.29 is 14.3 Å². The van der Waals surface area contributed by atoms with E-state index in [9.17, 15) is 9.59 Å². The molecule has 1 saturated heterocycles. The van der Waals surface area contributed by atoms with Gasteiger partial charge in [-0.25, -0.2) is 9.59 Å². The molecule has 0 unspecified atom stereocenters. The fourth-order valence-corrected chi connectivity index (χ4v) is 3.44. The van der Waals surface area contributed by atoms with Crippen LogP contribution in [-0.4, -0.2) is 36.7 Å². The van der Waals surface area contributed by atoms with Gasteiger partial charge in [0.25, 0.3) is 0 Å². The van der Waals surface area contributed by atoms with Crippen molar-refractivity contribution in [3.05, 3.63) is 60.2 Å². The van der Waals surface area contributed by atoms with E-state index in [4.69, 9.17) is 4.74 Å². The van der Waals surface area contributed by atoms with Crippen LogP contribution in [0.3, 0.4) is 0 Å². The average Bonchev–Trinajstić information content (AvgIpc) is 2.73. The highest BCUT2D eigenvalue weighted by molar-refractivity contribution is 5.89. The standard InChI is InChI=1S/C24H31N3O3/c1-24(2,3)19-9-11-20(12-10-19)26-22(28)25-17-18-13-15-27(16-14-18)23(29)30-21-7-5-4-6-8-21/h4-12,18H,13-17H2,1-3H3,(H2,25,26,28). The van der Waals surface area contributed by atoms with E-state index in [-0.39, 0.29) is 17.5 Å². The van der Waals surface area contributed by atoms with Crippen LogP contribution in [0.1, 0.15) is 39.2 Å². The van der Waals surface area contributed by atoms with E-state index in [0.29, 0.717) is 31.3 Å².